The van der Waals surface area contributed by atoms with Crippen molar-refractivity contribution in [1.82, 2.24) is 0 Å². The van der Waals surface area contributed by atoms with Crippen LogP contribution in [-0.4, -0.2) is 18.3 Å². The molecule has 29 heavy (non-hydrogen) atoms. The first-order chi connectivity index (χ1) is 13.3. The van der Waals surface area contributed by atoms with Crippen LogP contribution in [0.2, 0.25) is 0 Å². The topological polar surface area (TPSA) is 0 Å². The van der Waals surface area contributed by atoms with Crippen LogP contribution >= 0.6 is 45.9 Å². The molecule has 0 aliphatic rings. The Bertz CT molecular complexity index is 928. The van der Waals surface area contributed by atoms with Gasteiger partial charge >= 0.3 is 18.3 Å². The normalized spacial score (nSPS) is 13.6. The van der Waals surface area contributed by atoms with Crippen LogP contribution in [0.25, 0.3) is 11.6 Å². The summed E-state index contributed by atoms with van der Waals surface area (Å²) >= 11 is 13.7. The van der Waals surface area contributed by atoms with Crippen LogP contribution in [0.5, 0.6) is 0 Å². The fourth-order valence-electron chi connectivity index (χ4n) is 2.94. The third kappa shape index (κ3) is 4.23. The lowest BCUT2D eigenvalue weighted by molar-refractivity contribution is -0.236. The van der Waals surface area contributed by atoms with Crippen molar-refractivity contribution >= 4 is 57.5 Å². The fraction of sp³-hybridized carbons (Fsp3) is 0.474. The summed E-state index contributed by atoms with van der Waals surface area (Å²) in [6, 6.07) is 0. The Balaban J connectivity index is 2.84. The maximum Gasteiger partial charge on any atom is 0.373 e. The van der Waals surface area contributed by atoms with Gasteiger partial charge in [-0.05, 0) is 56.0 Å². The van der Waals surface area contributed by atoms with Crippen LogP contribution in [0.3, 0.4) is 0 Å². The smallest absolute Gasteiger partial charge is 0.203 e. The second kappa shape index (κ2) is 8.81. The molecule has 10 heteroatoms. The van der Waals surface area contributed by atoms with E-state index >= 15 is 0 Å². The molecule has 0 unspecified atom stereocenters. The van der Waals surface area contributed by atoms with Gasteiger partial charge in [0.15, 0.2) is 0 Å². The monoisotopic (exact) mass is 494 g/mol. The van der Waals surface area contributed by atoms with Crippen LogP contribution in [0, 0.1) is 27.7 Å². The molecule has 0 nitrogen and oxygen atoms in total. The van der Waals surface area contributed by atoms with E-state index in [4.69, 9.17) is 23.2 Å². The second-order valence-electron chi connectivity index (χ2n) is 6.54. The highest BCUT2D eigenvalue weighted by atomic mass is 35.5. The van der Waals surface area contributed by atoms with Gasteiger partial charge in [0.05, 0.1) is 0 Å². The van der Waals surface area contributed by atoms with Gasteiger partial charge in [0.2, 0.25) is 0 Å². The van der Waals surface area contributed by atoms with Crippen LogP contribution in [0.1, 0.15) is 41.8 Å². The van der Waals surface area contributed by atoms with Crippen LogP contribution in [0.4, 0.5) is 26.3 Å². The molecule has 2 aromatic rings. The molecule has 0 spiro atoms. The predicted octanol–water partition coefficient (Wildman–Crippen LogP) is 8.60. The maximum absolute atomic E-state index is 14.9. The van der Waals surface area contributed by atoms with Crippen molar-refractivity contribution in [3.63, 3.8) is 0 Å². The number of alkyl halides is 8. The van der Waals surface area contributed by atoms with Gasteiger partial charge in [-0.3, -0.25) is 0 Å². The first-order valence-electron chi connectivity index (χ1n) is 8.37. The van der Waals surface area contributed by atoms with Crippen molar-refractivity contribution in [3.05, 3.63) is 41.8 Å². The zero-order valence-electron chi connectivity index (χ0n) is 15.9. The number of aryl methyl sites for hydroxylation is 2. The van der Waals surface area contributed by atoms with Crippen molar-refractivity contribution in [2.24, 2.45) is 0 Å². The number of hydrogen-bond acceptors (Lipinski definition) is 2. The lowest BCUT2D eigenvalue weighted by Crippen LogP contribution is -2.47. The third-order valence-electron chi connectivity index (χ3n) is 4.80. The molecular formula is C19H18Cl2F6S2. The molecule has 0 radical (unpaired) electrons. The van der Waals surface area contributed by atoms with Gasteiger partial charge in [-0.15, -0.1) is 45.9 Å². The van der Waals surface area contributed by atoms with E-state index in [-0.39, 0.29) is 27.1 Å². The number of halogens is 8. The molecule has 0 aliphatic carbocycles. The van der Waals surface area contributed by atoms with Crippen molar-refractivity contribution in [3.8, 4) is 0 Å². The molecule has 162 valence electrons. The Morgan fingerprint density at radius 3 is 1.79 bits per heavy atom. The van der Waals surface area contributed by atoms with Gasteiger partial charge in [-0.25, -0.2) is 8.78 Å². The van der Waals surface area contributed by atoms with E-state index in [2.05, 4.69) is 0 Å². The van der Waals surface area contributed by atoms with Crippen molar-refractivity contribution in [2.45, 2.75) is 57.7 Å². The van der Waals surface area contributed by atoms with Crippen LogP contribution in [0.15, 0.2) is 0 Å². The van der Waals surface area contributed by atoms with Crippen LogP contribution in [-0.2, 0) is 11.8 Å². The molecular weight excluding hydrogens is 477 g/mol. The summed E-state index contributed by atoms with van der Waals surface area (Å²) in [6.07, 6.45) is -3.64. The molecule has 2 heterocycles. The molecule has 0 saturated carbocycles. The van der Waals surface area contributed by atoms with Gasteiger partial charge in [-0.1, -0.05) is 0 Å². The molecule has 0 fully saturated rings. The number of thiophene rings is 2. The Morgan fingerprint density at radius 1 is 0.897 bits per heavy atom. The number of rotatable bonds is 7. The minimum absolute atomic E-state index is 0.00814. The SMILES string of the molecule is Cc1sc(C=C(c2sc(C)c(CCl)c2C)C(F)(F)C(F)(F)C(F)F)c(C)c1CCl. The summed E-state index contributed by atoms with van der Waals surface area (Å²) in [6.45, 7) is 6.44. The summed E-state index contributed by atoms with van der Waals surface area (Å²) in [5.74, 6) is -10.5. The minimum atomic E-state index is -5.54. The van der Waals surface area contributed by atoms with Gasteiger partial charge in [-0.2, -0.15) is 17.6 Å². The summed E-state index contributed by atoms with van der Waals surface area (Å²) in [5.41, 5.74) is 0.915. The highest BCUT2D eigenvalue weighted by Crippen LogP contribution is 2.51. The quantitative estimate of drug-likeness (QED) is 0.267. The van der Waals surface area contributed by atoms with Gasteiger partial charge in [0, 0.05) is 36.8 Å². The third-order valence-corrected chi connectivity index (χ3v) is 7.82. The lowest BCUT2D eigenvalue weighted by Gasteiger charge is -2.28. The average Bonchev–Trinajstić information content (AvgIpc) is 3.06. The standard InChI is InChI=1S/C19H18Cl2F6S2/c1-8-12(6-20)10(3)28-15(8)5-14(18(24,25)19(26,27)17(22)23)16-9(2)13(7-21)11(4)29-16/h5,17H,6-7H2,1-4H3. The molecule has 2 rings (SSSR count). The van der Waals surface area contributed by atoms with Crippen molar-refractivity contribution in [2.75, 3.05) is 0 Å². The van der Waals surface area contributed by atoms with E-state index in [9.17, 15) is 26.3 Å². The molecule has 0 bridgehead atoms. The number of allylic oxidation sites excluding steroid dienone is 1. The average molecular weight is 495 g/mol. The predicted molar refractivity (Wildman–Crippen MR) is 110 cm³/mol. The highest BCUT2D eigenvalue weighted by Gasteiger charge is 2.65. The summed E-state index contributed by atoms with van der Waals surface area (Å²) < 4.78 is 83.5. The van der Waals surface area contributed by atoms with E-state index < -0.39 is 23.8 Å². The minimum Gasteiger partial charge on any atom is -0.203 e. The molecule has 0 atom stereocenters. The Morgan fingerprint density at radius 2 is 1.38 bits per heavy atom. The van der Waals surface area contributed by atoms with Gasteiger partial charge < -0.3 is 0 Å². The lowest BCUT2D eigenvalue weighted by atomic mass is 9.96. The maximum atomic E-state index is 14.9. The fourth-order valence-corrected chi connectivity index (χ4v) is 6.26. The molecule has 0 aromatic carbocycles. The Kier molecular flexibility index (Phi) is 7.46. The van der Waals surface area contributed by atoms with Gasteiger partial charge in [0.25, 0.3) is 0 Å². The second-order valence-corrected chi connectivity index (χ2v) is 9.56. The van der Waals surface area contributed by atoms with E-state index in [0.29, 0.717) is 21.6 Å². The highest BCUT2D eigenvalue weighted by molar-refractivity contribution is 7.14. The molecule has 0 N–H and O–H groups in total. The van der Waals surface area contributed by atoms with Crippen molar-refractivity contribution < 1.29 is 26.3 Å². The van der Waals surface area contributed by atoms with E-state index in [1.54, 1.807) is 20.8 Å². The molecule has 2 aromatic heterocycles. The van der Waals surface area contributed by atoms with E-state index in [1.807, 2.05) is 0 Å². The summed E-state index contributed by atoms with van der Waals surface area (Å²) in [4.78, 5) is 1.40. The zero-order chi connectivity index (χ0) is 22.3. The Labute approximate surface area is 183 Å². The summed E-state index contributed by atoms with van der Waals surface area (Å²) in [7, 11) is 0. The Hall–Kier alpha value is -0.700. The molecule has 0 amide bonds. The largest absolute Gasteiger partial charge is 0.373 e. The number of hydrogen-bond donors (Lipinski definition) is 0. The summed E-state index contributed by atoms with van der Waals surface area (Å²) in [5, 5.41) is 0. The van der Waals surface area contributed by atoms with Crippen LogP contribution < -0.4 is 0 Å². The molecule has 0 saturated heterocycles. The first kappa shape index (κ1) is 24.6. The first-order valence-corrected chi connectivity index (χ1v) is 11.1. The van der Waals surface area contributed by atoms with Crippen molar-refractivity contribution in [1.29, 1.82) is 0 Å². The van der Waals surface area contributed by atoms with E-state index in [0.717, 1.165) is 33.6 Å². The van der Waals surface area contributed by atoms with E-state index in [1.165, 1.54) is 6.92 Å². The van der Waals surface area contributed by atoms with Gasteiger partial charge in [0.1, 0.15) is 0 Å². The zero-order valence-corrected chi connectivity index (χ0v) is 19.1. The molecule has 0 aliphatic heterocycles.